The predicted molar refractivity (Wildman–Crippen MR) is 103 cm³/mol. The molecule has 24 heavy (non-hydrogen) atoms. The minimum atomic E-state index is 0.408. The summed E-state index contributed by atoms with van der Waals surface area (Å²) in [5.74, 6) is 0.408. The van der Waals surface area contributed by atoms with Crippen LogP contribution >= 0.6 is 0 Å². The molecule has 0 heterocycles. The number of hydrogen-bond acceptors (Lipinski definition) is 1. The number of carbonyl (C=O) groups is 1. The molecule has 0 unspecified atom stereocenters. The molecule has 1 heteroatoms. The Labute approximate surface area is 147 Å². The first-order valence-corrected chi connectivity index (χ1v) is 9.38. The van der Waals surface area contributed by atoms with Crippen molar-refractivity contribution in [2.24, 2.45) is 0 Å². The van der Waals surface area contributed by atoms with Gasteiger partial charge in [0.2, 0.25) is 0 Å². The standard InChI is InChI=1S/C23H30O/c1-3-19-11-15-21(16-12-19)7-5-9-23(24)10-6-8-22-17-13-20(4-2)14-18-22/h11-18H,3-10H2,1-2H3. The molecule has 0 spiro atoms. The molecule has 1 nitrogen and oxygen atoms in total. The van der Waals surface area contributed by atoms with Crippen LogP contribution < -0.4 is 0 Å². The van der Waals surface area contributed by atoms with Gasteiger partial charge in [0.1, 0.15) is 5.78 Å². The van der Waals surface area contributed by atoms with E-state index in [9.17, 15) is 4.79 Å². The first-order chi connectivity index (χ1) is 11.7. The van der Waals surface area contributed by atoms with E-state index in [-0.39, 0.29) is 0 Å². The van der Waals surface area contributed by atoms with E-state index in [1.165, 1.54) is 22.3 Å². The van der Waals surface area contributed by atoms with Gasteiger partial charge in [0, 0.05) is 12.8 Å². The molecular formula is C23H30O. The molecule has 0 bridgehead atoms. The molecule has 0 saturated heterocycles. The Morgan fingerprint density at radius 1 is 0.625 bits per heavy atom. The molecule has 128 valence electrons. The number of hydrogen-bond donors (Lipinski definition) is 0. The summed E-state index contributed by atoms with van der Waals surface area (Å²) in [5.41, 5.74) is 5.44. The van der Waals surface area contributed by atoms with Crippen LogP contribution in [-0.4, -0.2) is 5.78 Å². The summed E-state index contributed by atoms with van der Waals surface area (Å²) in [6, 6.07) is 17.6. The topological polar surface area (TPSA) is 17.1 Å². The normalized spacial score (nSPS) is 10.8. The zero-order valence-corrected chi connectivity index (χ0v) is 15.2. The summed E-state index contributed by atoms with van der Waals surface area (Å²) in [5, 5.41) is 0. The third-order valence-electron chi connectivity index (χ3n) is 4.70. The Morgan fingerprint density at radius 2 is 0.958 bits per heavy atom. The number of benzene rings is 2. The van der Waals surface area contributed by atoms with Gasteiger partial charge in [-0.3, -0.25) is 4.79 Å². The Hall–Kier alpha value is -1.89. The zero-order chi connectivity index (χ0) is 17.2. The third-order valence-corrected chi connectivity index (χ3v) is 4.70. The van der Waals surface area contributed by atoms with Crippen molar-refractivity contribution in [2.75, 3.05) is 0 Å². The molecule has 0 fully saturated rings. The highest BCUT2D eigenvalue weighted by Crippen LogP contribution is 2.12. The van der Waals surface area contributed by atoms with Crippen LogP contribution in [0.5, 0.6) is 0 Å². The average molecular weight is 322 g/mol. The molecule has 0 atom stereocenters. The maximum absolute atomic E-state index is 12.0. The quantitative estimate of drug-likeness (QED) is 0.546. The van der Waals surface area contributed by atoms with Crippen LogP contribution in [-0.2, 0) is 30.5 Å². The molecule has 2 rings (SSSR count). The van der Waals surface area contributed by atoms with Crippen molar-refractivity contribution in [1.82, 2.24) is 0 Å². The Morgan fingerprint density at radius 3 is 1.29 bits per heavy atom. The highest BCUT2D eigenvalue weighted by molar-refractivity contribution is 5.78. The lowest BCUT2D eigenvalue weighted by Gasteiger charge is -2.04. The van der Waals surface area contributed by atoms with Gasteiger partial charge in [0.15, 0.2) is 0 Å². The molecule has 0 amide bonds. The summed E-state index contributed by atoms with van der Waals surface area (Å²) in [4.78, 5) is 12.0. The molecule has 0 aromatic heterocycles. The van der Waals surface area contributed by atoms with E-state index in [0.29, 0.717) is 18.6 Å². The fraction of sp³-hybridized carbons (Fsp3) is 0.435. The molecule has 0 N–H and O–H groups in total. The first-order valence-electron chi connectivity index (χ1n) is 9.38. The van der Waals surface area contributed by atoms with E-state index in [2.05, 4.69) is 62.4 Å². The van der Waals surface area contributed by atoms with Crippen LogP contribution in [0.1, 0.15) is 61.8 Å². The monoisotopic (exact) mass is 322 g/mol. The van der Waals surface area contributed by atoms with Gasteiger partial charge in [-0.05, 0) is 60.8 Å². The fourth-order valence-electron chi connectivity index (χ4n) is 2.99. The van der Waals surface area contributed by atoms with Gasteiger partial charge in [-0.1, -0.05) is 62.4 Å². The van der Waals surface area contributed by atoms with Crippen LogP contribution in [0.25, 0.3) is 0 Å². The van der Waals surface area contributed by atoms with Crippen molar-refractivity contribution < 1.29 is 4.79 Å². The van der Waals surface area contributed by atoms with Crippen molar-refractivity contribution in [3.63, 3.8) is 0 Å². The second-order valence-corrected chi connectivity index (χ2v) is 6.59. The number of aryl methyl sites for hydroxylation is 4. The van der Waals surface area contributed by atoms with Gasteiger partial charge in [-0.2, -0.15) is 0 Å². The highest BCUT2D eigenvalue weighted by atomic mass is 16.1. The largest absolute Gasteiger partial charge is 0.300 e. The molecule has 0 aliphatic heterocycles. The van der Waals surface area contributed by atoms with Crippen LogP contribution in [0, 0.1) is 0 Å². The summed E-state index contributed by atoms with van der Waals surface area (Å²) in [6.45, 7) is 4.34. The van der Waals surface area contributed by atoms with Crippen LogP contribution in [0.3, 0.4) is 0 Å². The predicted octanol–water partition coefficient (Wildman–Crippen LogP) is 5.73. The van der Waals surface area contributed by atoms with Gasteiger partial charge in [0.25, 0.3) is 0 Å². The zero-order valence-electron chi connectivity index (χ0n) is 15.2. The van der Waals surface area contributed by atoms with E-state index >= 15 is 0 Å². The van der Waals surface area contributed by atoms with E-state index < -0.39 is 0 Å². The lowest BCUT2D eigenvalue weighted by molar-refractivity contribution is -0.119. The van der Waals surface area contributed by atoms with E-state index in [1.807, 2.05) is 0 Å². The summed E-state index contributed by atoms with van der Waals surface area (Å²) >= 11 is 0. The number of ketones is 1. The summed E-state index contributed by atoms with van der Waals surface area (Å²) in [7, 11) is 0. The summed E-state index contributed by atoms with van der Waals surface area (Å²) < 4.78 is 0. The van der Waals surface area contributed by atoms with Crippen molar-refractivity contribution in [3.05, 3.63) is 70.8 Å². The highest BCUT2D eigenvalue weighted by Gasteiger charge is 2.03. The van der Waals surface area contributed by atoms with Gasteiger partial charge in [-0.15, -0.1) is 0 Å². The Kier molecular flexibility index (Phi) is 7.74. The van der Waals surface area contributed by atoms with E-state index in [0.717, 1.165) is 38.5 Å². The van der Waals surface area contributed by atoms with Crippen molar-refractivity contribution in [3.8, 4) is 0 Å². The van der Waals surface area contributed by atoms with Crippen molar-refractivity contribution >= 4 is 5.78 Å². The first kappa shape index (κ1) is 18.4. The smallest absolute Gasteiger partial charge is 0.132 e. The SMILES string of the molecule is CCc1ccc(CCCC(=O)CCCc2ccc(CC)cc2)cc1. The minimum Gasteiger partial charge on any atom is -0.300 e. The minimum absolute atomic E-state index is 0.408. The van der Waals surface area contributed by atoms with Gasteiger partial charge in [-0.25, -0.2) is 0 Å². The molecule has 0 aliphatic rings. The van der Waals surface area contributed by atoms with Crippen LogP contribution in [0.2, 0.25) is 0 Å². The van der Waals surface area contributed by atoms with Crippen LogP contribution in [0.15, 0.2) is 48.5 Å². The Balaban J connectivity index is 1.62. The van der Waals surface area contributed by atoms with E-state index in [4.69, 9.17) is 0 Å². The molecule has 0 saturated carbocycles. The second-order valence-electron chi connectivity index (χ2n) is 6.59. The lowest BCUT2D eigenvalue weighted by Crippen LogP contribution is -2.00. The number of Topliss-reactive ketones (excluding diaryl/α,β-unsaturated/α-hetero) is 1. The van der Waals surface area contributed by atoms with Gasteiger partial charge in [0.05, 0.1) is 0 Å². The maximum atomic E-state index is 12.0. The second kappa shape index (κ2) is 10.1. The molecule has 0 radical (unpaired) electrons. The average Bonchev–Trinajstić information content (AvgIpc) is 2.63. The molecule has 0 aliphatic carbocycles. The lowest BCUT2D eigenvalue weighted by atomic mass is 10.0. The number of rotatable bonds is 10. The van der Waals surface area contributed by atoms with Gasteiger partial charge < -0.3 is 0 Å². The molecule has 2 aromatic carbocycles. The third kappa shape index (κ3) is 6.31. The van der Waals surface area contributed by atoms with Crippen molar-refractivity contribution in [2.45, 2.75) is 65.2 Å². The maximum Gasteiger partial charge on any atom is 0.132 e. The Bertz CT molecular complexity index is 552. The molecule has 2 aromatic rings. The summed E-state index contributed by atoms with van der Waals surface area (Å²) in [6.07, 6.45) is 7.54. The fourth-order valence-corrected chi connectivity index (χ4v) is 2.99. The van der Waals surface area contributed by atoms with Crippen LogP contribution in [0.4, 0.5) is 0 Å². The van der Waals surface area contributed by atoms with E-state index in [1.54, 1.807) is 0 Å². The molecular weight excluding hydrogens is 292 g/mol. The number of carbonyl (C=O) groups excluding carboxylic acids is 1. The van der Waals surface area contributed by atoms with Crippen molar-refractivity contribution in [1.29, 1.82) is 0 Å². The van der Waals surface area contributed by atoms with Gasteiger partial charge >= 0.3 is 0 Å².